The molecule has 1 atom stereocenters. The largest absolute Gasteiger partial charge is 0.342 e. The summed E-state index contributed by atoms with van der Waals surface area (Å²) < 4.78 is 2.14. The fourth-order valence-electron chi connectivity index (χ4n) is 6.01. The van der Waals surface area contributed by atoms with Crippen LogP contribution in [0.15, 0.2) is 30.3 Å². The maximum atomic E-state index is 13.5. The molecule has 1 unspecified atom stereocenters. The van der Waals surface area contributed by atoms with Crippen LogP contribution in [0.1, 0.15) is 75.4 Å². The van der Waals surface area contributed by atoms with E-state index in [1.165, 1.54) is 16.8 Å². The number of likely N-dealkylation sites (tertiary alicyclic amines) is 1. The number of unbranched alkanes of at least 4 members (excludes halogenated alkanes) is 1. The summed E-state index contributed by atoms with van der Waals surface area (Å²) in [6.45, 7) is 14.6. The number of nitrogens with one attached hydrogen (secondary N) is 1. The number of nitrogens with zero attached hydrogens (tertiary/aromatic N) is 4. The van der Waals surface area contributed by atoms with Crippen molar-refractivity contribution in [2.75, 3.05) is 19.6 Å². The van der Waals surface area contributed by atoms with E-state index in [-0.39, 0.29) is 17.9 Å². The number of carbonyl (C=O) groups is 2. The fourth-order valence-corrected chi connectivity index (χ4v) is 6.01. The van der Waals surface area contributed by atoms with E-state index >= 15 is 0 Å². The lowest BCUT2D eigenvalue weighted by molar-refractivity contribution is -0.161. The molecule has 37 heavy (non-hydrogen) atoms. The van der Waals surface area contributed by atoms with Crippen molar-refractivity contribution in [2.45, 2.75) is 97.8 Å². The first-order valence-electron chi connectivity index (χ1n) is 14.2. The molecule has 4 rings (SSSR count). The molecule has 202 valence electrons. The van der Waals surface area contributed by atoms with Gasteiger partial charge in [-0.25, -0.2) is 0 Å². The van der Waals surface area contributed by atoms with Gasteiger partial charge in [0.15, 0.2) is 0 Å². The maximum absolute atomic E-state index is 13.5. The smallest absolute Gasteiger partial charge is 0.246 e. The second-order valence-corrected chi connectivity index (χ2v) is 11.4. The van der Waals surface area contributed by atoms with Gasteiger partial charge >= 0.3 is 0 Å². The summed E-state index contributed by atoms with van der Waals surface area (Å²) in [5.74, 6) is 0.523. The molecule has 7 heteroatoms. The topological polar surface area (TPSA) is 70.5 Å². The molecule has 0 radical (unpaired) electrons. The van der Waals surface area contributed by atoms with Gasteiger partial charge in [0.2, 0.25) is 11.8 Å². The third-order valence-corrected chi connectivity index (χ3v) is 8.30. The quantitative estimate of drug-likeness (QED) is 0.522. The van der Waals surface area contributed by atoms with Crippen LogP contribution in [0.3, 0.4) is 0 Å². The first kappa shape index (κ1) is 27.4. The molecule has 0 bridgehead atoms. The molecule has 2 saturated heterocycles. The minimum atomic E-state index is -0.708. The van der Waals surface area contributed by atoms with E-state index in [4.69, 9.17) is 5.10 Å². The number of aromatic nitrogens is 2. The molecule has 1 spiro atoms. The van der Waals surface area contributed by atoms with Crippen molar-refractivity contribution in [3.63, 3.8) is 0 Å². The van der Waals surface area contributed by atoms with Crippen molar-refractivity contribution in [3.8, 4) is 0 Å². The minimum Gasteiger partial charge on any atom is -0.342 e. The number of benzene rings is 1. The SMILES string of the molecule is CCCCN1C(=O)C(CC(C)C)NC(=O)C12CCN(Cc1c(C)nn(CCc3ccccc3)c1C)CC2. The van der Waals surface area contributed by atoms with Crippen molar-refractivity contribution in [1.82, 2.24) is 24.9 Å². The van der Waals surface area contributed by atoms with E-state index in [9.17, 15) is 9.59 Å². The molecule has 0 aliphatic carbocycles. The predicted molar refractivity (Wildman–Crippen MR) is 147 cm³/mol. The molecule has 1 N–H and O–H groups in total. The zero-order valence-corrected chi connectivity index (χ0v) is 23.4. The monoisotopic (exact) mass is 507 g/mol. The number of rotatable bonds is 10. The van der Waals surface area contributed by atoms with Gasteiger partial charge in [0.05, 0.1) is 5.69 Å². The van der Waals surface area contributed by atoms with Gasteiger partial charge in [0.1, 0.15) is 11.6 Å². The van der Waals surface area contributed by atoms with Crippen LogP contribution < -0.4 is 5.32 Å². The zero-order valence-electron chi connectivity index (χ0n) is 23.4. The van der Waals surface area contributed by atoms with Crippen LogP contribution in [-0.4, -0.2) is 62.6 Å². The Balaban J connectivity index is 1.43. The Bertz CT molecular complexity index is 1070. The summed E-state index contributed by atoms with van der Waals surface area (Å²) in [4.78, 5) is 31.4. The van der Waals surface area contributed by atoms with Crippen molar-refractivity contribution >= 4 is 11.8 Å². The molecule has 1 aromatic heterocycles. The number of piperazine rings is 1. The zero-order chi connectivity index (χ0) is 26.6. The Morgan fingerprint density at radius 3 is 2.43 bits per heavy atom. The Labute approximate surface area is 222 Å². The van der Waals surface area contributed by atoms with Crippen LogP contribution >= 0.6 is 0 Å². The highest BCUT2D eigenvalue weighted by molar-refractivity contribution is 6.00. The van der Waals surface area contributed by atoms with Gasteiger partial charge in [-0.3, -0.25) is 19.2 Å². The Hall–Kier alpha value is -2.67. The number of amides is 2. The lowest BCUT2D eigenvalue weighted by Crippen LogP contribution is -2.73. The van der Waals surface area contributed by atoms with Gasteiger partial charge in [0, 0.05) is 44.0 Å². The number of hydrogen-bond donors (Lipinski definition) is 1. The van der Waals surface area contributed by atoms with Crippen molar-refractivity contribution in [1.29, 1.82) is 0 Å². The predicted octanol–water partition coefficient (Wildman–Crippen LogP) is 4.25. The van der Waals surface area contributed by atoms with Gasteiger partial charge in [-0.2, -0.15) is 5.10 Å². The summed E-state index contributed by atoms with van der Waals surface area (Å²) in [5, 5.41) is 7.96. The van der Waals surface area contributed by atoms with Crippen molar-refractivity contribution in [3.05, 3.63) is 52.8 Å². The Morgan fingerprint density at radius 1 is 1.08 bits per heavy atom. The summed E-state index contributed by atoms with van der Waals surface area (Å²) in [6.07, 6.45) is 4.96. The Kier molecular flexibility index (Phi) is 8.73. The normalized spacial score (nSPS) is 20.2. The summed E-state index contributed by atoms with van der Waals surface area (Å²) in [5.41, 5.74) is 4.20. The molecule has 2 aliphatic rings. The maximum Gasteiger partial charge on any atom is 0.246 e. The molecular weight excluding hydrogens is 462 g/mol. The molecular formula is C30H45N5O2. The van der Waals surface area contributed by atoms with E-state index in [0.29, 0.717) is 31.7 Å². The van der Waals surface area contributed by atoms with E-state index in [1.54, 1.807) is 0 Å². The average Bonchev–Trinajstić information content (AvgIpc) is 3.15. The van der Waals surface area contributed by atoms with Gasteiger partial charge in [-0.05, 0) is 57.4 Å². The average molecular weight is 508 g/mol. The van der Waals surface area contributed by atoms with E-state index < -0.39 is 5.54 Å². The molecule has 7 nitrogen and oxygen atoms in total. The number of carbonyl (C=O) groups excluding carboxylic acids is 2. The van der Waals surface area contributed by atoms with Crippen LogP contribution in [0, 0.1) is 19.8 Å². The van der Waals surface area contributed by atoms with Crippen LogP contribution in [0.25, 0.3) is 0 Å². The number of piperidine rings is 1. The van der Waals surface area contributed by atoms with Gasteiger partial charge in [-0.15, -0.1) is 0 Å². The van der Waals surface area contributed by atoms with E-state index in [2.05, 4.69) is 73.8 Å². The first-order valence-corrected chi connectivity index (χ1v) is 14.2. The molecule has 2 aromatic rings. The van der Waals surface area contributed by atoms with Crippen LogP contribution in [0.2, 0.25) is 0 Å². The standard InChI is InChI=1S/C30H45N5O2/c1-6-7-16-34-28(36)27(20-22(2)3)31-29(37)30(34)14-18-33(19-15-30)21-26-23(4)32-35(24(26)5)17-13-25-11-9-8-10-12-25/h8-12,22,27H,6-7,13-21H2,1-5H3,(H,31,37). The highest BCUT2D eigenvalue weighted by Crippen LogP contribution is 2.35. The van der Waals surface area contributed by atoms with Crippen LogP contribution in [0.5, 0.6) is 0 Å². The van der Waals surface area contributed by atoms with Gasteiger partial charge in [-0.1, -0.05) is 57.5 Å². The number of aryl methyl sites for hydroxylation is 3. The van der Waals surface area contributed by atoms with Crippen LogP contribution in [-0.2, 0) is 29.1 Å². The van der Waals surface area contributed by atoms with Crippen molar-refractivity contribution in [2.24, 2.45) is 5.92 Å². The summed E-state index contributed by atoms with van der Waals surface area (Å²) in [7, 11) is 0. The minimum absolute atomic E-state index is 0.0506. The molecule has 2 aliphatic heterocycles. The third-order valence-electron chi connectivity index (χ3n) is 8.30. The molecule has 3 heterocycles. The van der Waals surface area contributed by atoms with Gasteiger partial charge < -0.3 is 10.2 Å². The third kappa shape index (κ3) is 5.92. The second kappa shape index (κ2) is 11.8. The molecule has 0 saturated carbocycles. The summed E-state index contributed by atoms with van der Waals surface area (Å²) in [6, 6.07) is 10.2. The second-order valence-electron chi connectivity index (χ2n) is 11.4. The van der Waals surface area contributed by atoms with E-state index in [0.717, 1.165) is 51.1 Å². The molecule has 1 aromatic carbocycles. The first-order chi connectivity index (χ1) is 17.7. The Morgan fingerprint density at radius 2 is 1.78 bits per heavy atom. The molecule has 2 amide bonds. The van der Waals surface area contributed by atoms with Crippen molar-refractivity contribution < 1.29 is 9.59 Å². The lowest BCUT2D eigenvalue weighted by atomic mass is 9.80. The lowest BCUT2D eigenvalue weighted by Gasteiger charge is -2.52. The fraction of sp³-hybridized carbons (Fsp3) is 0.633. The van der Waals surface area contributed by atoms with E-state index in [1.807, 2.05) is 11.0 Å². The summed E-state index contributed by atoms with van der Waals surface area (Å²) >= 11 is 0. The number of hydrogen-bond acceptors (Lipinski definition) is 4. The highest BCUT2D eigenvalue weighted by Gasteiger charge is 2.53. The van der Waals surface area contributed by atoms with Crippen LogP contribution in [0.4, 0.5) is 0 Å². The van der Waals surface area contributed by atoms with Gasteiger partial charge in [0.25, 0.3) is 0 Å². The highest BCUT2D eigenvalue weighted by atomic mass is 16.2. The molecule has 2 fully saturated rings.